The van der Waals surface area contributed by atoms with Crippen molar-refractivity contribution in [3.8, 4) is 0 Å². The fourth-order valence-electron chi connectivity index (χ4n) is 1.16. The first-order valence-corrected chi connectivity index (χ1v) is 6.03. The van der Waals surface area contributed by atoms with E-state index in [0.717, 1.165) is 5.69 Å². The summed E-state index contributed by atoms with van der Waals surface area (Å²) in [5.41, 5.74) is 7.92. The Labute approximate surface area is 108 Å². The molecule has 2 N–H and O–H groups in total. The van der Waals surface area contributed by atoms with Crippen molar-refractivity contribution >= 4 is 29.1 Å². The molecule has 0 amide bonds. The van der Waals surface area contributed by atoms with Crippen molar-refractivity contribution < 1.29 is 0 Å². The molecule has 0 aliphatic rings. The van der Waals surface area contributed by atoms with Crippen LogP contribution in [-0.4, -0.2) is 19.9 Å². The first-order valence-electron chi connectivity index (χ1n) is 4.83. The molecule has 2 rings (SSSR count). The highest BCUT2D eigenvalue weighted by molar-refractivity contribution is 7.99. The number of halogens is 1. The zero-order valence-electron chi connectivity index (χ0n) is 9.31. The van der Waals surface area contributed by atoms with Crippen LogP contribution in [-0.2, 0) is 0 Å². The highest BCUT2D eigenvalue weighted by atomic mass is 35.5. The minimum atomic E-state index is 0.173. The van der Waals surface area contributed by atoms with Crippen molar-refractivity contribution in [3.05, 3.63) is 28.9 Å². The molecule has 0 aliphatic carbocycles. The van der Waals surface area contributed by atoms with Crippen molar-refractivity contribution in [2.45, 2.75) is 24.0 Å². The molecule has 0 atom stereocenters. The van der Waals surface area contributed by atoms with Gasteiger partial charge in [0.1, 0.15) is 5.03 Å². The van der Waals surface area contributed by atoms with Gasteiger partial charge in [-0.1, -0.05) is 0 Å². The van der Waals surface area contributed by atoms with Gasteiger partial charge in [0.25, 0.3) is 0 Å². The molecule has 0 saturated heterocycles. The molecule has 0 saturated carbocycles. The van der Waals surface area contributed by atoms with E-state index in [1.807, 2.05) is 13.0 Å². The van der Waals surface area contributed by atoms with E-state index in [9.17, 15) is 0 Å². The van der Waals surface area contributed by atoms with Crippen LogP contribution in [0.5, 0.6) is 0 Å². The number of aryl methyl sites for hydroxylation is 2. The van der Waals surface area contributed by atoms with E-state index in [-0.39, 0.29) is 5.28 Å². The normalized spacial score (nSPS) is 10.5. The SMILES string of the molecule is Cc1ccnc(Sc2nc(Cl)nc(C)c2N)n1. The van der Waals surface area contributed by atoms with E-state index in [1.165, 1.54) is 11.8 Å². The summed E-state index contributed by atoms with van der Waals surface area (Å²) in [6, 6.07) is 1.83. The quantitative estimate of drug-likeness (QED) is 0.664. The lowest BCUT2D eigenvalue weighted by Crippen LogP contribution is -2.00. The van der Waals surface area contributed by atoms with Gasteiger partial charge in [0.2, 0.25) is 5.28 Å². The van der Waals surface area contributed by atoms with E-state index in [2.05, 4.69) is 19.9 Å². The molecule has 17 heavy (non-hydrogen) atoms. The average molecular weight is 268 g/mol. The lowest BCUT2D eigenvalue weighted by molar-refractivity contribution is 0.924. The monoisotopic (exact) mass is 267 g/mol. The average Bonchev–Trinajstić information content (AvgIpc) is 2.25. The summed E-state index contributed by atoms with van der Waals surface area (Å²) in [6.07, 6.45) is 1.69. The predicted octanol–water partition coefficient (Wildman–Crippen LogP) is 2.27. The molecule has 5 nitrogen and oxygen atoms in total. The number of rotatable bonds is 2. The topological polar surface area (TPSA) is 77.6 Å². The summed E-state index contributed by atoms with van der Waals surface area (Å²) in [4.78, 5) is 16.4. The lowest BCUT2D eigenvalue weighted by Gasteiger charge is -2.06. The van der Waals surface area contributed by atoms with Gasteiger partial charge in [-0.2, -0.15) is 0 Å². The van der Waals surface area contributed by atoms with Gasteiger partial charge in [-0.3, -0.25) is 0 Å². The number of nitrogen functional groups attached to an aromatic ring is 1. The molecule has 88 valence electrons. The van der Waals surface area contributed by atoms with Crippen LogP contribution in [0.25, 0.3) is 0 Å². The molecule has 2 aromatic rings. The number of hydrogen-bond acceptors (Lipinski definition) is 6. The Hall–Kier alpha value is -1.40. The molecule has 7 heteroatoms. The molecule has 0 aromatic carbocycles. The van der Waals surface area contributed by atoms with Crippen LogP contribution in [0.3, 0.4) is 0 Å². The van der Waals surface area contributed by atoms with Crippen molar-refractivity contribution in [2.24, 2.45) is 0 Å². The van der Waals surface area contributed by atoms with Gasteiger partial charge in [0, 0.05) is 11.9 Å². The summed E-state index contributed by atoms with van der Waals surface area (Å²) in [5, 5.41) is 1.34. The second-order valence-corrected chi connectivity index (χ2v) is 4.67. The van der Waals surface area contributed by atoms with Crippen LogP contribution in [0.4, 0.5) is 5.69 Å². The molecule has 2 aromatic heterocycles. The Balaban J connectivity index is 2.36. The highest BCUT2D eigenvalue weighted by Crippen LogP contribution is 2.29. The number of nitrogens with zero attached hydrogens (tertiary/aromatic N) is 4. The van der Waals surface area contributed by atoms with E-state index >= 15 is 0 Å². The number of anilines is 1. The van der Waals surface area contributed by atoms with Crippen LogP contribution in [0.15, 0.2) is 22.4 Å². The molecule has 0 fully saturated rings. The van der Waals surface area contributed by atoms with Crippen molar-refractivity contribution in [2.75, 3.05) is 5.73 Å². The van der Waals surface area contributed by atoms with Crippen molar-refractivity contribution in [1.82, 2.24) is 19.9 Å². The minimum absolute atomic E-state index is 0.173. The second kappa shape index (κ2) is 4.85. The molecule has 0 radical (unpaired) electrons. The number of aromatic nitrogens is 4. The van der Waals surface area contributed by atoms with Crippen molar-refractivity contribution in [3.63, 3.8) is 0 Å². The standard InChI is InChI=1S/C10H10ClN5S/c1-5-3-4-13-10(14-5)17-8-7(12)6(2)15-9(11)16-8/h3-4H,12H2,1-2H3. The molecular formula is C10H10ClN5S. The van der Waals surface area contributed by atoms with Gasteiger partial charge in [0.05, 0.1) is 11.4 Å². The second-order valence-electron chi connectivity index (χ2n) is 3.38. The highest BCUT2D eigenvalue weighted by Gasteiger charge is 2.10. The first-order chi connectivity index (χ1) is 8.06. The Bertz CT molecular complexity index is 560. The van der Waals surface area contributed by atoms with E-state index in [1.54, 1.807) is 13.1 Å². The zero-order chi connectivity index (χ0) is 12.4. The largest absolute Gasteiger partial charge is 0.395 e. The Kier molecular flexibility index (Phi) is 3.44. The van der Waals surface area contributed by atoms with Crippen LogP contribution >= 0.6 is 23.4 Å². The van der Waals surface area contributed by atoms with Crippen LogP contribution in [0.2, 0.25) is 5.28 Å². The van der Waals surface area contributed by atoms with E-state index < -0.39 is 0 Å². The summed E-state index contributed by atoms with van der Waals surface area (Å²) in [7, 11) is 0. The third-order valence-corrected chi connectivity index (χ3v) is 3.09. The third kappa shape index (κ3) is 2.83. The summed E-state index contributed by atoms with van der Waals surface area (Å²) in [5.74, 6) is 0. The molecule has 0 aliphatic heterocycles. The maximum Gasteiger partial charge on any atom is 0.223 e. The maximum absolute atomic E-state index is 5.88. The molecule has 0 unspecified atom stereocenters. The first kappa shape index (κ1) is 12.1. The van der Waals surface area contributed by atoms with Gasteiger partial charge in [0.15, 0.2) is 5.16 Å². The third-order valence-electron chi connectivity index (χ3n) is 2.03. The lowest BCUT2D eigenvalue weighted by atomic mass is 10.4. The van der Waals surface area contributed by atoms with E-state index in [0.29, 0.717) is 21.6 Å². The van der Waals surface area contributed by atoms with Gasteiger partial charge < -0.3 is 5.73 Å². The van der Waals surface area contributed by atoms with Crippen LogP contribution < -0.4 is 5.73 Å². The molecular weight excluding hydrogens is 258 g/mol. The summed E-state index contributed by atoms with van der Waals surface area (Å²) in [6.45, 7) is 3.68. The fraction of sp³-hybridized carbons (Fsp3) is 0.200. The van der Waals surface area contributed by atoms with Crippen LogP contribution in [0.1, 0.15) is 11.4 Å². The summed E-state index contributed by atoms with van der Waals surface area (Å²) >= 11 is 7.06. The predicted molar refractivity (Wildman–Crippen MR) is 67.1 cm³/mol. The zero-order valence-corrected chi connectivity index (χ0v) is 10.9. The molecule has 0 spiro atoms. The minimum Gasteiger partial charge on any atom is -0.395 e. The Morgan fingerprint density at radius 3 is 2.71 bits per heavy atom. The van der Waals surface area contributed by atoms with Crippen LogP contribution in [0, 0.1) is 13.8 Å². The van der Waals surface area contributed by atoms with Gasteiger partial charge in [-0.05, 0) is 43.3 Å². The molecule has 0 bridgehead atoms. The Morgan fingerprint density at radius 2 is 2.00 bits per heavy atom. The fourth-order valence-corrected chi connectivity index (χ4v) is 2.29. The number of nitrogens with two attached hydrogens (primary N) is 1. The maximum atomic E-state index is 5.88. The number of hydrogen-bond donors (Lipinski definition) is 1. The Morgan fingerprint density at radius 1 is 1.24 bits per heavy atom. The van der Waals surface area contributed by atoms with Crippen molar-refractivity contribution in [1.29, 1.82) is 0 Å². The van der Waals surface area contributed by atoms with Gasteiger partial charge in [-0.25, -0.2) is 19.9 Å². The molecule has 2 heterocycles. The summed E-state index contributed by atoms with van der Waals surface area (Å²) < 4.78 is 0. The van der Waals surface area contributed by atoms with Gasteiger partial charge in [-0.15, -0.1) is 0 Å². The van der Waals surface area contributed by atoms with Gasteiger partial charge >= 0.3 is 0 Å². The van der Waals surface area contributed by atoms with E-state index in [4.69, 9.17) is 17.3 Å². The smallest absolute Gasteiger partial charge is 0.223 e.